The predicted octanol–water partition coefficient (Wildman–Crippen LogP) is 2.61. The first-order valence-corrected chi connectivity index (χ1v) is 5.42. The molecular formula is C14H11NO2. The van der Waals surface area contributed by atoms with E-state index in [1.807, 2.05) is 31.2 Å². The summed E-state index contributed by atoms with van der Waals surface area (Å²) in [6, 6.07) is 9.28. The number of rotatable bonds is 1. The largest absolute Gasteiger partial charge is 0.496 e. The lowest BCUT2D eigenvalue weighted by atomic mass is 10.1. The van der Waals surface area contributed by atoms with E-state index in [-0.39, 0.29) is 5.78 Å². The standard InChI is InChI=1S/C14H11NO2/c1-8-6-7-10-13(15-8)9-4-3-5-11(17-2)12(9)14(10)16/h3-7H,1-2H3. The maximum Gasteiger partial charge on any atom is 0.199 e. The van der Waals surface area contributed by atoms with Crippen LogP contribution in [0.5, 0.6) is 5.75 Å². The lowest BCUT2D eigenvalue weighted by molar-refractivity contribution is 0.104. The number of fused-ring (bicyclic) bond motifs is 3. The summed E-state index contributed by atoms with van der Waals surface area (Å²) in [5.74, 6) is 0.614. The summed E-state index contributed by atoms with van der Waals surface area (Å²) in [5, 5.41) is 0. The van der Waals surface area contributed by atoms with Crippen molar-refractivity contribution in [3.8, 4) is 17.0 Å². The number of aromatic nitrogens is 1. The number of aryl methyl sites for hydroxylation is 1. The molecule has 84 valence electrons. The molecule has 0 aliphatic heterocycles. The third-order valence-electron chi connectivity index (χ3n) is 3.01. The molecule has 0 fully saturated rings. The number of hydrogen-bond acceptors (Lipinski definition) is 3. The molecule has 0 amide bonds. The van der Waals surface area contributed by atoms with Crippen molar-refractivity contribution in [3.05, 3.63) is 47.2 Å². The van der Waals surface area contributed by atoms with Crippen molar-refractivity contribution in [2.75, 3.05) is 7.11 Å². The summed E-state index contributed by atoms with van der Waals surface area (Å²) < 4.78 is 5.24. The summed E-state index contributed by atoms with van der Waals surface area (Å²) >= 11 is 0. The molecule has 0 saturated carbocycles. The Morgan fingerprint density at radius 1 is 1.12 bits per heavy atom. The molecule has 3 rings (SSSR count). The number of carbonyl (C=O) groups is 1. The SMILES string of the molecule is COc1cccc2c1C(=O)c1ccc(C)nc1-2. The van der Waals surface area contributed by atoms with Gasteiger partial charge in [0.05, 0.1) is 18.4 Å². The number of methoxy groups -OCH3 is 1. The van der Waals surface area contributed by atoms with Gasteiger partial charge in [-0.05, 0) is 25.1 Å². The summed E-state index contributed by atoms with van der Waals surface area (Å²) in [5.41, 5.74) is 3.84. The zero-order chi connectivity index (χ0) is 12.0. The van der Waals surface area contributed by atoms with E-state index in [1.165, 1.54) is 0 Å². The Bertz CT molecular complexity index is 632. The van der Waals surface area contributed by atoms with Crippen LogP contribution in [0.3, 0.4) is 0 Å². The van der Waals surface area contributed by atoms with E-state index in [0.717, 1.165) is 17.0 Å². The van der Waals surface area contributed by atoms with Crippen LogP contribution < -0.4 is 4.74 Å². The number of hydrogen-bond donors (Lipinski definition) is 0. The highest BCUT2D eigenvalue weighted by molar-refractivity contribution is 6.22. The van der Waals surface area contributed by atoms with Gasteiger partial charge in [-0.2, -0.15) is 0 Å². The van der Waals surface area contributed by atoms with Gasteiger partial charge in [-0.25, -0.2) is 0 Å². The van der Waals surface area contributed by atoms with Gasteiger partial charge in [0.25, 0.3) is 0 Å². The number of nitrogens with zero attached hydrogens (tertiary/aromatic N) is 1. The summed E-state index contributed by atoms with van der Waals surface area (Å²) in [6.07, 6.45) is 0. The van der Waals surface area contributed by atoms with Gasteiger partial charge in [-0.1, -0.05) is 12.1 Å². The molecule has 0 atom stereocenters. The minimum absolute atomic E-state index is 0.0000463. The third kappa shape index (κ3) is 1.29. The highest BCUT2D eigenvalue weighted by Gasteiger charge is 2.30. The van der Waals surface area contributed by atoms with Gasteiger partial charge in [0.15, 0.2) is 5.78 Å². The zero-order valence-electron chi connectivity index (χ0n) is 9.65. The fourth-order valence-corrected chi connectivity index (χ4v) is 2.21. The van der Waals surface area contributed by atoms with Gasteiger partial charge in [-0.3, -0.25) is 9.78 Å². The van der Waals surface area contributed by atoms with Gasteiger partial charge >= 0.3 is 0 Å². The Morgan fingerprint density at radius 3 is 2.71 bits per heavy atom. The molecule has 0 radical (unpaired) electrons. The normalized spacial score (nSPS) is 12.2. The van der Waals surface area contributed by atoms with Crippen LogP contribution in [0.4, 0.5) is 0 Å². The molecule has 0 bridgehead atoms. The summed E-state index contributed by atoms with van der Waals surface area (Å²) in [4.78, 5) is 16.7. The van der Waals surface area contributed by atoms with Crippen LogP contribution in [0.25, 0.3) is 11.3 Å². The molecule has 0 unspecified atom stereocenters. The average Bonchev–Trinajstić information content (AvgIpc) is 2.63. The Morgan fingerprint density at radius 2 is 1.94 bits per heavy atom. The second-order valence-electron chi connectivity index (χ2n) is 4.06. The van der Waals surface area contributed by atoms with E-state index >= 15 is 0 Å². The van der Waals surface area contributed by atoms with Gasteiger partial charge in [-0.15, -0.1) is 0 Å². The highest BCUT2D eigenvalue weighted by atomic mass is 16.5. The second-order valence-corrected chi connectivity index (χ2v) is 4.06. The smallest absolute Gasteiger partial charge is 0.199 e. The van der Waals surface area contributed by atoms with E-state index in [4.69, 9.17) is 4.74 Å². The number of ether oxygens (including phenoxy) is 1. The van der Waals surface area contributed by atoms with Crippen LogP contribution >= 0.6 is 0 Å². The molecule has 0 saturated heterocycles. The van der Waals surface area contributed by atoms with Crippen LogP contribution in [-0.2, 0) is 0 Å². The second kappa shape index (κ2) is 3.42. The number of carbonyl (C=O) groups excluding carboxylic acids is 1. The number of benzene rings is 1. The van der Waals surface area contributed by atoms with Crippen LogP contribution in [0.15, 0.2) is 30.3 Å². The first kappa shape index (κ1) is 10.0. The molecule has 1 aromatic heterocycles. The molecule has 0 spiro atoms. The third-order valence-corrected chi connectivity index (χ3v) is 3.01. The maximum absolute atomic E-state index is 12.3. The van der Waals surface area contributed by atoms with E-state index in [1.54, 1.807) is 13.2 Å². The topological polar surface area (TPSA) is 39.2 Å². The predicted molar refractivity (Wildman–Crippen MR) is 64.4 cm³/mol. The molecule has 1 heterocycles. The van der Waals surface area contributed by atoms with Crippen molar-refractivity contribution in [3.63, 3.8) is 0 Å². The van der Waals surface area contributed by atoms with Crippen molar-refractivity contribution in [1.29, 1.82) is 0 Å². The van der Waals surface area contributed by atoms with Crippen molar-refractivity contribution in [2.24, 2.45) is 0 Å². The molecule has 1 aliphatic carbocycles. The first-order chi connectivity index (χ1) is 8.22. The molecule has 1 aliphatic rings. The van der Waals surface area contributed by atoms with Crippen LogP contribution in [0.1, 0.15) is 21.6 Å². The Labute approximate surface area is 99.1 Å². The monoisotopic (exact) mass is 225 g/mol. The van der Waals surface area contributed by atoms with E-state index in [2.05, 4.69) is 4.98 Å². The quantitative estimate of drug-likeness (QED) is 0.639. The van der Waals surface area contributed by atoms with Crippen molar-refractivity contribution >= 4 is 5.78 Å². The van der Waals surface area contributed by atoms with E-state index < -0.39 is 0 Å². The Balaban J connectivity index is 2.35. The Hall–Kier alpha value is -2.16. The molecule has 17 heavy (non-hydrogen) atoms. The number of pyridine rings is 1. The maximum atomic E-state index is 12.3. The van der Waals surface area contributed by atoms with Gasteiger partial charge in [0.2, 0.25) is 0 Å². The minimum Gasteiger partial charge on any atom is -0.496 e. The van der Waals surface area contributed by atoms with E-state index in [0.29, 0.717) is 16.9 Å². The molecular weight excluding hydrogens is 214 g/mol. The minimum atomic E-state index is -0.0000463. The molecule has 1 aromatic carbocycles. The van der Waals surface area contributed by atoms with Crippen LogP contribution in [0, 0.1) is 6.92 Å². The number of ketones is 1. The van der Waals surface area contributed by atoms with Crippen molar-refractivity contribution in [1.82, 2.24) is 4.98 Å². The molecule has 2 aromatic rings. The molecule has 3 nitrogen and oxygen atoms in total. The fourth-order valence-electron chi connectivity index (χ4n) is 2.21. The van der Waals surface area contributed by atoms with Crippen molar-refractivity contribution in [2.45, 2.75) is 6.92 Å². The molecule has 3 heteroatoms. The fraction of sp³-hybridized carbons (Fsp3) is 0.143. The van der Waals surface area contributed by atoms with Gasteiger partial charge in [0.1, 0.15) is 5.75 Å². The van der Waals surface area contributed by atoms with E-state index in [9.17, 15) is 4.79 Å². The highest BCUT2D eigenvalue weighted by Crippen LogP contribution is 2.39. The van der Waals surface area contributed by atoms with Gasteiger partial charge in [0, 0.05) is 16.8 Å². The molecule has 0 N–H and O–H groups in total. The Kier molecular flexibility index (Phi) is 2.01. The lowest BCUT2D eigenvalue weighted by Crippen LogP contribution is -1.98. The van der Waals surface area contributed by atoms with Crippen LogP contribution in [0.2, 0.25) is 0 Å². The van der Waals surface area contributed by atoms with Crippen LogP contribution in [-0.4, -0.2) is 17.9 Å². The summed E-state index contributed by atoms with van der Waals surface area (Å²) in [7, 11) is 1.57. The van der Waals surface area contributed by atoms with Crippen molar-refractivity contribution < 1.29 is 9.53 Å². The lowest BCUT2D eigenvalue weighted by Gasteiger charge is -2.04. The summed E-state index contributed by atoms with van der Waals surface area (Å²) in [6.45, 7) is 1.92. The zero-order valence-corrected chi connectivity index (χ0v) is 9.65. The first-order valence-electron chi connectivity index (χ1n) is 5.42. The van der Waals surface area contributed by atoms with Gasteiger partial charge < -0.3 is 4.74 Å². The average molecular weight is 225 g/mol.